The molecular weight excluding hydrogens is 322 g/mol. The largest absolute Gasteiger partial charge is 0.339 e. The Kier molecular flexibility index (Phi) is 10.8. The highest BCUT2D eigenvalue weighted by Crippen LogP contribution is 2.03. The summed E-state index contributed by atoms with van der Waals surface area (Å²) in [6.45, 7) is 5.22. The quantitative estimate of drug-likeness (QED) is 0.358. The standard InChI is InChI=1S/C11H19Br2NO/c1-2-11(15)14(9-5-3-7-12)10-6-4-8-13/h2H,1,3-10H2. The van der Waals surface area contributed by atoms with Gasteiger partial charge >= 0.3 is 0 Å². The van der Waals surface area contributed by atoms with Crippen LogP contribution in [0.1, 0.15) is 25.7 Å². The first-order valence-electron chi connectivity index (χ1n) is 5.29. The van der Waals surface area contributed by atoms with Gasteiger partial charge in [0.2, 0.25) is 5.91 Å². The number of carbonyl (C=O) groups excluding carboxylic acids is 1. The molecule has 0 aliphatic heterocycles. The number of rotatable bonds is 9. The molecule has 15 heavy (non-hydrogen) atoms. The zero-order valence-corrected chi connectivity index (χ0v) is 12.2. The Morgan fingerprint density at radius 3 is 1.87 bits per heavy atom. The van der Waals surface area contributed by atoms with Crippen molar-refractivity contribution in [2.75, 3.05) is 23.7 Å². The second kappa shape index (κ2) is 10.7. The lowest BCUT2D eigenvalue weighted by Crippen LogP contribution is -2.31. The Morgan fingerprint density at radius 2 is 1.53 bits per heavy atom. The molecule has 1 amide bonds. The predicted molar refractivity (Wildman–Crippen MR) is 72.8 cm³/mol. The van der Waals surface area contributed by atoms with Crippen LogP contribution in [-0.4, -0.2) is 34.6 Å². The Balaban J connectivity index is 3.84. The summed E-state index contributed by atoms with van der Waals surface area (Å²) in [7, 11) is 0. The lowest BCUT2D eigenvalue weighted by molar-refractivity contribution is -0.126. The van der Waals surface area contributed by atoms with E-state index in [1.54, 1.807) is 0 Å². The molecule has 2 nitrogen and oxygen atoms in total. The molecule has 0 rings (SSSR count). The number of nitrogens with zero attached hydrogens (tertiary/aromatic N) is 1. The van der Waals surface area contributed by atoms with Gasteiger partial charge in [0.25, 0.3) is 0 Å². The topological polar surface area (TPSA) is 20.3 Å². The van der Waals surface area contributed by atoms with E-state index < -0.39 is 0 Å². The van der Waals surface area contributed by atoms with Gasteiger partial charge in [-0.15, -0.1) is 0 Å². The molecule has 0 fully saturated rings. The third-order valence-corrected chi connectivity index (χ3v) is 3.23. The number of unbranched alkanes of at least 4 members (excludes halogenated alkanes) is 2. The van der Waals surface area contributed by atoms with Crippen LogP contribution in [0.15, 0.2) is 12.7 Å². The van der Waals surface area contributed by atoms with Crippen molar-refractivity contribution in [3.63, 3.8) is 0 Å². The van der Waals surface area contributed by atoms with Crippen LogP contribution in [0, 0.1) is 0 Å². The SMILES string of the molecule is C=CC(=O)N(CCCCBr)CCCCBr. The Hall–Kier alpha value is 0.170. The molecule has 0 aliphatic rings. The second-order valence-corrected chi connectivity index (χ2v) is 4.91. The van der Waals surface area contributed by atoms with Crippen molar-refractivity contribution in [1.82, 2.24) is 4.90 Å². The van der Waals surface area contributed by atoms with Gasteiger partial charge in [-0.25, -0.2) is 0 Å². The van der Waals surface area contributed by atoms with Crippen LogP contribution in [0.25, 0.3) is 0 Å². The number of hydrogen-bond donors (Lipinski definition) is 0. The van der Waals surface area contributed by atoms with Crippen LogP contribution in [0.4, 0.5) is 0 Å². The van der Waals surface area contributed by atoms with E-state index in [1.807, 2.05) is 4.90 Å². The molecule has 88 valence electrons. The van der Waals surface area contributed by atoms with Crippen molar-refractivity contribution in [3.05, 3.63) is 12.7 Å². The number of amides is 1. The first-order valence-corrected chi connectivity index (χ1v) is 7.53. The summed E-state index contributed by atoms with van der Waals surface area (Å²) in [6, 6.07) is 0. The van der Waals surface area contributed by atoms with Gasteiger partial charge in [0.05, 0.1) is 0 Å². The van der Waals surface area contributed by atoms with Crippen LogP contribution in [0.2, 0.25) is 0 Å². The van der Waals surface area contributed by atoms with Crippen molar-refractivity contribution in [3.8, 4) is 0 Å². The molecule has 0 unspecified atom stereocenters. The summed E-state index contributed by atoms with van der Waals surface area (Å²) in [5.74, 6) is 0.0548. The van der Waals surface area contributed by atoms with E-state index >= 15 is 0 Å². The molecular formula is C11H19Br2NO. The molecule has 0 aromatic carbocycles. The number of hydrogen-bond acceptors (Lipinski definition) is 1. The molecule has 4 heteroatoms. The summed E-state index contributed by atoms with van der Waals surface area (Å²) in [5.41, 5.74) is 0. The van der Waals surface area contributed by atoms with Crippen molar-refractivity contribution < 1.29 is 4.79 Å². The molecule has 0 saturated heterocycles. The summed E-state index contributed by atoms with van der Waals surface area (Å²) in [5, 5.41) is 2.01. The summed E-state index contributed by atoms with van der Waals surface area (Å²) < 4.78 is 0. The number of halogens is 2. The monoisotopic (exact) mass is 339 g/mol. The molecule has 0 heterocycles. The fraction of sp³-hybridized carbons (Fsp3) is 0.727. The molecule has 0 aromatic rings. The smallest absolute Gasteiger partial charge is 0.245 e. The van der Waals surface area contributed by atoms with E-state index in [9.17, 15) is 4.79 Å². The van der Waals surface area contributed by atoms with Gasteiger partial charge in [-0.2, -0.15) is 0 Å². The van der Waals surface area contributed by atoms with Crippen molar-refractivity contribution >= 4 is 37.8 Å². The van der Waals surface area contributed by atoms with E-state index in [4.69, 9.17) is 0 Å². The average Bonchev–Trinajstić information content (AvgIpc) is 2.26. The molecule has 0 spiro atoms. The zero-order chi connectivity index (χ0) is 11.5. The predicted octanol–water partition coefficient (Wildman–Crippen LogP) is 3.35. The maximum atomic E-state index is 11.5. The third kappa shape index (κ3) is 8.03. The molecule has 0 atom stereocenters. The second-order valence-electron chi connectivity index (χ2n) is 3.32. The van der Waals surface area contributed by atoms with Gasteiger partial charge in [-0.3, -0.25) is 4.79 Å². The maximum Gasteiger partial charge on any atom is 0.245 e. The van der Waals surface area contributed by atoms with E-state index in [-0.39, 0.29) is 5.91 Å². The molecule has 0 N–H and O–H groups in total. The highest BCUT2D eigenvalue weighted by Gasteiger charge is 2.08. The minimum absolute atomic E-state index is 0.0548. The molecule has 0 saturated carbocycles. The summed E-state index contributed by atoms with van der Waals surface area (Å²) in [4.78, 5) is 13.4. The highest BCUT2D eigenvalue weighted by molar-refractivity contribution is 9.09. The van der Waals surface area contributed by atoms with Crippen molar-refractivity contribution in [2.45, 2.75) is 25.7 Å². The lowest BCUT2D eigenvalue weighted by Gasteiger charge is -2.20. The molecule has 0 bridgehead atoms. The van der Waals surface area contributed by atoms with E-state index in [0.29, 0.717) is 0 Å². The fourth-order valence-electron chi connectivity index (χ4n) is 1.26. The fourth-order valence-corrected chi connectivity index (χ4v) is 2.05. The minimum atomic E-state index is 0.0548. The van der Waals surface area contributed by atoms with Gasteiger partial charge in [0, 0.05) is 23.7 Å². The van der Waals surface area contributed by atoms with Gasteiger partial charge < -0.3 is 4.90 Å². The molecule has 0 aliphatic carbocycles. The average molecular weight is 341 g/mol. The lowest BCUT2D eigenvalue weighted by atomic mass is 10.2. The first-order chi connectivity index (χ1) is 7.26. The van der Waals surface area contributed by atoms with Crippen molar-refractivity contribution in [1.29, 1.82) is 0 Å². The van der Waals surface area contributed by atoms with Crippen molar-refractivity contribution in [2.24, 2.45) is 0 Å². The molecule has 0 radical (unpaired) electrons. The van der Waals surface area contributed by atoms with Crippen LogP contribution in [-0.2, 0) is 4.79 Å². The maximum absolute atomic E-state index is 11.5. The minimum Gasteiger partial charge on any atom is -0.339 e. The van der Waals surface area contributed by atoms with Crippen LogP contribution < -0.4 is 0 Å². The van der Waals surface area contributed by atoms with E-state index in [2.05, 4.69) is 38.4 Å². The zero-order valence-electron chi connectivity index (χ0n) is 9.05. The Bertz CT molecular complexity index is 175. The third-order valence-electron chi connectivity index (χ3n) is 2.11. The molecule has 0 aromatic heterocycles. The van der Waals surface area contributed by atoms with Crippen LogP contribution >= 0.6 is 31.9 Å². The van der Waals surface area contributed by atoms with Gasteiger partial charge in [-0.05, 0) is 31.8 Å². The Morgan fingerprint density at radius 1 is 1.07 bits per heavy atom. The Labute approximate surface area is 109 Å². The summed E-state index contributed by atoms with van der Waals surface area (Å²) in [6.07, 6.45) is 5.74. The van der Waals surface area contributed by atoms with Crippen LogP contribution in [0.3, 0.4) is 0 Å². The highest BCUT2D eigenvalue weighted by atomic mass is 79.9. The normalized spacial score (nSPS) is 10.0. The van der Waals surface area contributed by atoms with Crippen LogP contribution in [0.5, 0.6) is 0 Å². The number of carbonyl (C=O) groups is 1. The number of alkyl halides is 2. The van der Waals surface area contributed by atoms with Gasteiger partial charge in [0.15, 0.2) is 0 Å². The first kappa shape index (κ1) is 15.2. The van der Waals surface area contributed by atoms with E-state index in [1.165, 1.54) is 6.08 Å². The van der Waals surface area contributed by atoms with E-state index in [0.717, 1.165) is 49.4 Å². The summed E-state index contributed by atoms with van der Waals surface area (Å²) >= 11 is 6.78. The van der Waals surface area contributed by atoms with Gasteiger partial charge in [-0.1, -0.05) is 38.4 Å². The van der Waals surface area contributed by atoms with Gasteiger partial charge in [0.1, 0.15) is 0 Å².